The standard InChI is InChI=1S/C26H29N3O2S2Si/c1-17-10-6-7-11-20(17)29(21-12-8-9-13-22(21)34(4)5)23-15-14-18(33-23)16-19-24(30)27(2)26(32)28(3)25(19)31/h6-16,24,30,34H,1-5H3/b19-16+. The lowest BCUT2D eigenvalue weighted by Gasteiger charge is -2.37. The number of aliphatic hydroxyl groups is 1. The van der Waals surface area contributed by atoms with Crippen LogP contribution < -0.4 is 10.1 Å². The number of hydrogen-bond acceptors (Lipinski definition) is 5. The Morgan fingerprint density at radius 2 is 1.68 bits per heavy atom. The number of amides is 1. The minimum atomic E-state index is -1.10. The van der Waals surface area contributed by atoms with Crippen molar-refractivity contribution in [3.05, 3.63) is 76.7 Å². The molecule has 1 saturated heterocycles. The van der Waals surface area contributed by atoms with Crippen molar-refractivity contribution in [3.63, 3.8) is 0 Å². The van der Waals surface area contributed by atoms with Gasteiger partial charge in [0.05, 0.1) is 14.4 Å². The zero-order valence-corrected chi connectivity index (χ0v) is 22.8. The minimum absolute atomic E-state index is 0.280. The number of para-hydroxylation sites is 2. The highest BCUT2D eigenvalue weighted by Gasteiger charge is 2.35. The fourth-order valence-electron chi connectivity index (χ4n) is 4.13. The highest BCUT2D eigenvalue weighted by atomic mass is 32.1. The van der Waals surface area contributed by atoms with Crippen LogP contribution in [0.2, 0.25) is 13.1 Å². The van der Waals surface area contributed by atoms with Gasteiger partial charge in [-0.2, -0.15) is 0 Å². The normalized spacial score (nSPS) is 17.7. The molecule has 1 N–H and O–H groups in total. The van der Waals surface area contributed by atoms with Crippen molar-refractivity contribution in [2.75, 3.05) is 19.0 Å². The molecule has 0 bridgehead atoms. The fraction of sp³-hybridized carbons (Fsp3) is 0.231. The second-order valence-corrected chi connectivity index (χ2v) is 13.1. The number of thiocarbonyl (C=S) groups is 1. The average Bonchev–Trinajstić information content (AvgIpc) is 3.29. The van der Waals surface area contributed by atoms with Crippen molar-refractivity contribution >= 4 is 71.0 Å². The lowest BCUT2D eigenvalue weighted by molar-refractivity contribution is -0.126. The molecule has 1 fully saturated rings. The number of aryl methyl sites for hydroxylation is 1. The highest BCUT2D eigenvalue weighted by molar-refractivity contribution is 7.80. The largest absolute Gasteiger partial charge is 0.369 e. The van der Waals surface area contributed by atoms with Gasteiger partial charge in [-0.25, -0.2) is 0 Å². The first-order chi connectivity index (χ1) is 16.2. The van der Waals surface area contributed by atoms with E-state index in [1.165, 1.54) is 26.2 Å². The minimum Gasteiger partial charge on any atom is -0.369 e. The molecule has 1 amide bonds. The number of carbonyl (C=O) groups excluding carboxylic acids is 1. The van der Waals surface area contributed by atoms with Crippen LogP contribution in [0.5, 0.6) is 0 Å². The van der Waals surface area contributed by atoms with E-state index in [0.717, 1.165) is 15.6 Å². The van der Waals surface area contributed by atoms with Gasteiger partial charge in [-0.1, -0.05) is 49.5 Å². The van der Waals surface area contributed by atoms with Crippen LogP contribution in [0, 0.1) is 6.92 Å². The van der Waals surface area contributed by atoms with Crippen molar-refractivity contribution in [2.24, 2.45) is 0 Å². The molecule has 0 spiro atoms. The van der Waals surface area contributed by atoms with Gasteiger partial charge in [-0.3, -0.25) is 9.69 Å². The first kappa shape index (κ1) is 24.3. The quantitative estimate of drug-likeness (QED) is 0.310. The van der Waals surface area contributed by atoms with Crippen molar-refractivity contribution < 1.29 is 9.90 Å². The van der Waals surface area contributed by atoms with Crippen molar-refractivity contribution in [3.8, 4) is 0 Å². The molecule has 3 aromatic rings. The molecule has 2 heterocycles. The van der Waals surface area contributed by atoms with Crippen LogP contribution >= 0.6 is 23.6 Å². The van der Waals surface area contributed by atoms with Crippen LogP contribution in [0.4, 0.5) is 16.4 Å². The molecule has 8 heteroatoms. The lowest BCUT2D eigenvalue weighted by Crippen LogP contribution is -2.55. The van der Waals surface area contributed by atoms with Crippen molar-refractivity contribution in [2.45, 2.75) is 26.2 Å². The molecule has 0 aliphatic carbocycles. The summed E-state index contributed by atoms with van der Waals surface area (Å²) in [5, 5.41) is 13.4. The lowest BCUT2D eigenvalue weighted by atomic mass is 10.1. The molecule has 1 aliphatic rings. The van der Waals surface area contributed by atoms with Gasteiger partial charge >= 0.3 is 0 Å². The molecule has 0 saturated carbocycles. The number of anilines is 3. The summed E-state index contributed by atoms with van der Waals surface area (Å²) in [6, 6.07) is 21.1. The maximum Gasteiger partial charge on any atom is 0.260 e. The predicted molar refractivity (Wildman–Crippen MR) is 149 cm³/mol. The van der Waals surface area contributed by atoms with Gasteiger partial charge in [0.25, 0.3) is 5.91 Å². The van der Waals surface area contributed by atoms with E-state index in [0.29, 0.717) is 10.7 Å². The Hall–Kier alpha value is -2.78. The molecule has 34 heavy (non-hydrogen) atoms. The Morgan fingerprint density at radius 3 is 2.35 bits per heavy atom. The summed E-state index contributed by atoms with van der Waals surface area (Å²) in [5.41, 5.74) is 3.82. The van der Waals surface area contributed by atoms with Gasteiger partial charge in [0.2, 0.25) is 0 Å². The number of hydrogen-bond donors (Lipinski definition) is 1. The smallest absolute Gasteiger partial charge is 0.260 e. The maximum atomic E-state index is 12.8. The van der Waals surface area contributed by atoms with E-state index < -0.39 is 15.0 Å². The van der Waals surface area contributed by atoms with Gasteiger partial charge in [0, 0.05) is 30.3 Å². The number of carbonyl (C=O) groups is 1. The third kappa shape index (κ3) is 4.46. The molecule has 176 valence electrons. The second-order valence-electron chi connectivity index (χ2n) is 8.74. The molecule has 1 atom stereocenters. The van der Waals surface area contributed by atoms with E-state index >= 15 is 0 Å². The average molecular weight is 508 g/mol. The van der Waals surface area contributed by atoms with Crippen molar-refractivity contribution in [1.82, 2.24) is 9.80 Å². The summed E-state index contributed by atoms with van der Waals surface area (Å²) >= 11 is 6.85. The monoisotopic (exact) mass is 507 g/mol. The molecular weight excluding hydrogens is 479 g/mol. The van der Waals surface area contributed by atoms with Crippen LogP contribution in [0.15, 0.2) is 66.2 Å². The number of rotatable bonds is 5. The molecule has 1 unspecified atom stereocenters. The van der Waals surface area contributed by atoms with E-state index in [1.807, 2.05) is 6.07 Å². The molecule has 1 aromatic heterocycles. The molecule has 1 aliphatic heterocycles. The topological polar surface area (TPSA) is 47.0 Å². The Morgan fingerprint density at radius 1 is 1.03 bits per heavy atom. The summed E-state index contributed by atoms with van der Waals surface area (Å²) in [6.07, 6.45) is 0.705. The molecule has 5 nitrogen and oxygen atoms in total. The van der Waals surface area contributed by atoms with E-state index in [1.54, 1.807) is 31.5 Å². The summed E-state index contributed by atoms with van der Waals surface area (Å²) < 4.78 is 0. The Balaban J connectivity index is 1.81. The number of nitrogens with zero attached hydrogens (tertiary/aromatic N) is 3. The maximum absolute atomic E-state index is 12.8. The van der Waals surface area contributed by atoms with E-state index in [-0.39, 0.29) is 5.91 Å². The van der Waals surface area contributed by atoms with Gasteiger partial charge in [0.1, 0.15) is 5.00 Å². The number of aliphatic hydroxyl groups excluding tert-OH is 1. The van der Waals surface area contributed by atoms with E-state index in [4.69, 9.17) is 12.2 Å². The van der Waals surface area contributed by atoms with Crippen LogP contribution in [-0.4, -0.2) is 55.0 Å². The number of likely N-dealkylation sites (N-methyl/N-ethyl adjacent to an activating group) is 2. The van der Waals surface area contributed by atoms with Crippen LogP contribution in [-0.2, 0) is 4.79 Å². The summed E-state index contributed by atoms with van der Waals surface area (Å²) in [7, 11) is 2.23. The van der Waals surface area contributed by atoms with E-state index in [9.17, 15) is 9.90 Å². The number of thiophene rings is 1. The van der Waals surface area contributed by atoms with Gasteiger partial charge in [-0.05, 0) is 60.2 Å². The van der Waals surface area contributed by atoms with E-state index in [2.05, 4.69) is 79.5 Å². The zero-order valence-electron chi connectivity index (χ0n) is 20.0. The highest BCUT2D eigenvalue weighted by Crippen LogP contribution is 2.40. The Kier molecular flexibility index (Phi) is 7.04. The third-order valence-electron chi connectivity index (χ3n) is 6.07. The summed E-state index contributed by atoms with van der Waals surface area (Å²) in [6.45, 7) is 6.80. The fourth-order valence-corrected chi connectivity index (χ4v) is 6.61. The summed E-state index contributed by atoms with van der Waals surface area (Å²) in [4.78, 5) is 19.0. The van der Waals surface area contributed by atoms with Crippen LogP contribution in [0.25, 0.3) is 6.08 Å². The second kappa shape index (κ2) is 9.83. The third-order valence-corrected chi connectivity index (χ3v) is 9.38. The van der Waals surface area contributed by atoms with Gasteiger partial charge in [0.15, 0.2) is 11.3 Å². The predicted octanol–water partition coefficient (Wildman–Crippen LogP) is 4.61. The molecule has 0 radical (unpaired) electrons. The SMILES string of the molecule is Cc1ccccc1N(c1ccc(/C=C2/C(=O)N(C)C(=S)N(C)C2O)s1)c1ccccc1[SiH](C)C. The first-order valence-corrected chi connectivity index (χ1v) is 15.3. The Bertz CT molecular complexity index is 1270. The summed E-state index contributed by atoms with van der Waals surface area (Å²) in [5.74, 6) is -0.280. The molecular formula is C26H29N3O2S2Si. The van der Waals surface area contributed by atoms with Crippen molar-refractivity contribution in [1.29, 1.82) is 0 Å². The zero-order chi connectivity index (χ0) is 24.6. The first-order valence-electron chi connectivity index (χ1n) is 11.2. The molecule has 2 aromatic carbocycles. The van der Waals surface area contributed by atoms with Crippen LogP contribution in [0.1, 0.15) is 10.4 Å². The van der Waals surface area contributed by atoms with Gasteiger partial charge in [-0.15, -0.1) is 11.3 Å². The number of benzene rings is 2. The Labute approximate surface area is 212 Å². The van der Waals surface area contributed by atoms with Gasteiger partial charge < -0.3 is 14.9 Å². The molecule has 4 rings (SSSR count). The van der Waals surface area contributed by atoms with Crippen LogP contribution in [0.3, 0.4) is 0 Å².